The molecule has 1 fully saturated rings. The van der Waals surface area contributed by atoms with Crippen LogP contribution in [-0.4, -0.2) is 17.7 Å². The van der Waals surface area contributed by atoms with Crippen molar-refractivity contribution in [1.29, 1.82) is 0 Å². The van der Waals surface area contributed by atoms with Crippen LogP contribution in [0.25, 0.3) is 0 Å². The molecule has 0 radical (unpaired) electrons. The van der Waals surface area contributed by atoms with Crippen molar-refractivity contribution in [3.8, 4) is 0 Å². The van der Waals surface area contributed by atoms with Gasteiger partial charge in [-0.3, -0.25) is 0 Å². The van der Waals surface area contributed by atoms with Crippen LogP contribution in [0.3, 0.4) is 0 Å². The van der Waals surface area contributed by atoms with E-state index in [-0.39, 0.29) is 70.6 Å². The third-order valence-electron chi connectivity index (χ3n) is 10.1. The van der Waals surface area contributed by atoms with Gasteiger partial charge in [0.05, 0.1) is 4.75 Å². The number of allylic oxidation sites excluding steroid dienone is 10. The molecule has 1 rings (SSSR count). The van der Waals surface area contributed by atoms with E-state index in [1.807, 2.05) is 36.5 Å². The Morgan fingerprint density at radius 3 is 1.10 bits per heavy atom. The Hall–Kier alpha value is -1.05. The zero-order chi connectivity index (χ0) is 30.7. The van der Waals surface area contributed by atoms with Crippen LogP contribution in [0.15, 0.2) is 127 Å². The van der Waals surface area contributed by atoms with Crippen molar-refractivity contribution < 1.29 is 64.4 Å². The van der Waals surface area contributed by atoms with Crippen molar-refractivity contribution >= 4 is 10.1 Å². The van der Waals surface area contributed by atoms with E-state index in [0.29, 0.717) is 44.9 Å². The number of rotatable bonds is 21. The van der Waals surface area contributed by atoms with Gasteiger partial charge in [-0.2, -0.15) is 0 Å². The van der Waals surface area contributed by atoms with Gasteiger partial charge in [0.2, 0.25) is 0 Å². The van der Waals surface area contributed by atoms with Gasteiger partial charge < -0.3 is 4.55 Å². The molecule has 2 atom stereocenters. The summed E-state index contributed by atoms with van der Waals surface area (Å²) in [5.41, 5.74) is -3.49. The van der Waals surface area contributed by atoms with Crippen molar-refractivity contribution in [2.75, 3.05) is 0 Å². The van der Waals surface area contributed by atoms with E-state index >= 15 is 0 Å². The van der Waals surface area contributed by atoms with Gasteiger partial charge in [-0.15, -0.1) is 65.8 Å². The first kappa shape index (κ1) is 39.9. The fourth-order valence-electron chi connectivity index (χ4n) is 9.42. The minimum atomic E-state index is -5.02. The predicted octanol–water partition coefficient (Wildman–Crippen LogP) is 6.61. The summed E-state index contributed by atoms with van der Waals surface area (Å²) in [6.45, 7) is 41.2. The zero-order valence-corrected chi connectivity index (χ0v) is 29.6. The van der Waals surface area contributed by atoms with E-state index < -0.39 is 42.4 Å². The third-order valence-corrected chi connectivity index (χ3v) is 11.8. The van der Waals surface area contributed by atoms with Crippen LogP contribution in [-0.2, 0) is 10.1 Å². The van der Waals surface area contributed by atoms with Gasteiger partial charge in [0.25, 0.3) is 0 Å². The Labute approximate surface area is 294 Å². The quantitative estimate of drug-likeness (QED) is 0.0844. The van der Waals surface area contributed by atoms with Gasteiger partial charge in [0.1, 0.15) is 10.1 Å². The van der Waals surface area contributed by atoms with Gasteiger partial charge in [-0.25, -0.2) is 8.42 Å². The van der Waals surface area contributed by atoms with Crippen molar-refractivity contribution in [2.24, 2.45) is 27.6 Å². The van der Waals surface area contributed by atoms with Crippen LogP contribution < -0.4 is 51.4 Å². The van der Waals surface area contributed by atoms with E-state index in [1.165, 1.54) is 0 Å². The van der Waals surface area contributed by atoms with Gasteiger partial charge >= 0.3 is 51.4 Å². The van der Waals surface area contributed by atoms with E-state index in [0.717, 1.165) is 0 Å². The second kappa shape index (κ2) is 16.7. The molecule has 0 spiro atoms. The molecule has 5 heteroatoms. The Balaban J connectivity index is 0.0000160. The van der Waals surface area contributed by atoms with Crippen LogP contribution in [0.5, 0.6) is 0 Å². The van der Waals surface area contributed by atoms with E-state index in [2.05, 4.69) is 65.8 Å². The first-order valence-corrected chi connectivity index (χ1v) is 15.4. The summed E-state index contributed by atoms with van der Waals surface area (Å²) < 4.78 is 40.9. The number of hydrogen-bond donors (Lipinski definition) is 0. The molecule has 220 valence electrons. The molecule has 0 heterocycles. The summed E-state index contributed by atoms with van der Waals surface area (Å²) in [5, 5.41) is 0. The largest absolute Gasteiger partial charge is 1.00 e. The molecule has 1 aliphatic carbocycles. The summed E-state index contributed by atoms with van der Waals surface area (Å²) in [5.74, 6) is -0.670. The summed E-state index contributed by atoms with van der Waals surface area (Å²) in [4.78, 5) is 0. The Morgan fingerprint density at radius 1 is 0.488 bits per heavy atom. The molecular weight excluding hydrogens is 552 g/mol. The van der Waals surface area contributed by atoms with E-state index in [1.54, 1.807) is 24.3 Å². The first-order valence-electron chi connectivity index (χ1n) is 14.0. The van der Waals surface area contributed by atoms with Crippen molar-refractivity contribution in [3.05, 3.63) is 127 Å². The molecule has 0 aromatic carbocycles. The molecule has 0 saturated heterocycles. The molecule has 0 aromatic heterocycles. The van der Waals surface area contributed by atoms with Crippen molar-refractivity contribution in [1.82, 2.24) is 0 Å². The molecule has 0 aliphatic heterocycles. The zero-order valence-electron chi connectivity index (χ0n) is 25.6. The van der Waals surface area contributed by atoms with E-state index in [4.69, 9.17) is 0 Å². The molecule has 1 saturated carbocycles. The summed E-state index contributed by atoms with van der Waals surface area (Å²) in [6.07, 6.45) is 21.6. The molecular formula is C36H51KO3S. The second-order valence-corrected chi connectivity index (χ2v) is 12.9. The maximum absolute atomic E-state index is 14.2. The van der Waals surface area contributed by atoms with Gasteiger partial charge in [0.15, 0.2) is 0 Å². The maximum atomic E-state index is 14.2. The van der Waals surface area contributed by atoms with Crippen LogP contribution >= 0.6 is 0 Å². The SMILES string of the molecule is C=CCC1C(CC=C)(CC=C)C(CC=C)(CC=C)C(CC=C)(CC=C)C(CC=C)(CC=C)C1(CC=C)S(=O)(=O)[O-].[K+]. The van der Waals surface area contributed by atoms with Gasteiger partial charge in [0, 0.05) is 5.41 Å². The average Bonchev–Trinajstić information content (AvgIpc) is 2.88. The molecule has 2 unspecified atom stereocenters. The van der Waals surface area contributed by atoms with E-state index in [9.17, 15) is 13.0 Å². The minimum absolute atomic E-state index is 0. The minimum Gasteiger partial charge on any atom is -0.747 e. The fraction of sp³-hybridized carbons (Fsp3) is 0.444. The average molecular weight is 603 g/mol. The van der Waals surface area contributed by atoms with Crippen LogP contribution in [0, 0.1) is 27.6 Å². The topological polar surface area (TPSA) is 57.2 Å². The summed E-state index contributed by atoms with van der Waals surface area (Å²) >= 11 is 0. The summed E-state index contributed by atoms with van der Waals surface area (Å²) in [6, 6.07) is 0. The fourth-order valence-corrected chi connectivity index (χ4v) is 11.3. The molecule has 0 aromatic rings. The van der Waals surface area contributed by atoms with Crippen molar-refractivity contribution in [2.45, 2.75) is 69.0 Å². The van der Waals surface area contributed by atoms with Gasteiger partial charge in [-0.1, -0.05) is 60.8 Å². The summed E-state index contributed by atoms with van der Waals surface area (Å²) in [7, 11) is -5.02. The van der Waals surface area contributed by atoms with Crippen LogP contribution in [0.4, 0.5) is 0 Å². The first-order chi connectivity index (χ1) is 19.0. The Kier molecular flexibility index (Phi) is 16.3. The third kappa shape index (κ3) is 5.90. The standard InChI is InChI=1S/C36H52O3S.K/c1-11-21-31-32(22-12-2,23-13-3)33(24-14-4,25-15-5)34(26-16-6,27-17-7)35(28-18-8,29-19-9)36(31,30-20-10)40(37,38)39;/h11-20,31H,1-10,21-30H2,(H,37,38,39);/q;+1/p-1. The second-order valence-electron chi connectivity index (χ2n) is 11.3. The van der Waals surface area contributed by atoms with Crippen LogP contribution in [0.1, 0.15) is 64.2 Å². The molecule has 1 aliphatic rings. The molecule has 3 nitrogen and oxygen atoms in total. The maximum Gasteiger partial charge on any atom is 1.00 e. The molecule has 0 bridgehead atoms. The monoisotopic (exact) mass is 602 g/mol. The number of hydrogen-bond acceptors (Lipinski definition) is 3. The molecule has 0 N–H and O–H groups in total. The molecule has 0 amide bonds. The smallest absolute Gasteiger partial charge is 0.747 e. The Bertz CT molecular complexity index is 1070. The normalized spacial score (nSPS) is 23.4. The predicted molar refractivity (Wildman–Crippen MR) is 174 cm³/mol. The molecule has 41 heavy (non-hydrogen) atoms. The Morgan fingerprint density at radius 2 is 0.805 bits per heavy atom. The van der Waals surface area contributed by atoms with Crippen LogP contribution in [0.2, 0.25) is 0 Å². The van der Waals surface area contributed by atoms with Gasteiger partial charge in [-0.05, 0) is 86.4 Å². The van der Waals surface area contributed by atoms with Crippen molar-refractivity contribution in [3.63, 3.8) is 0 Å².